The number of anilines is 1. The van der Waals surface area contributed by atoms with Crippen LogP contribution in [0.25, 0.3) is 0 Å². The standard InChI is InChI=1S/C17H20F2N2O4S2/c1-25-9-8-21(12-15(18)19)16(22)11-13-4-6-14(7-5-13)20-27(23,24)17-3-2-10-26-17/h2-7,10,15,20H,8-9,11-12H2,1H3. The lowest BCUT2D eigenvalue weighted by Gasteiger charge is -2.22. The Hall–Kier alpha value is -2.04. The molecule has 0 unspecified atom stereocenters. The summed E-state index contributed by atoms with van der Waals surface area (Å²) >= 11 is 1.10. The second kappa shape index (κ2) is 9.77. The molecule has 0 radical (unpaired) electrons. The number of nitrogens with one attached hydrogen (secondary N) is 1. The number of hydrogen-bond donors (Lipinski definition) is 1. The van der Waals surface area contributed by atoms with Crippen LogP contribution in [0.15, 0.2) is 46.0 Å². The van der Waals surface area contributed by atoms with Crippen LogP contribution in [0, 0.1) is 0 Å². The molecule has 1 aromatic carbocycles. The van der Waals surface area contributed by atoms with Gasteiger partial charge in [-0.2, -0.15) is 0 Å². The number of hydrogen-bond acceptors (Lipinski definition) is 5. The molecule has 0 saturated carbocycles. The third-order valence-corrected chi connectivity index (χ3v) is 6.38. The van der Waals surface area contributed by atoms with E-state index in [1.165, 1.54) is 25.3 Å². The summed E-state index contributed by atoms with van der Waals surface area (Å²) in [5.41, 5.74) is 0.944. The first-order valence-electron chi connectivity index (χ1n) is 8.02. The predicted molar refractivity (Wildman–Crippen MR) is 99.7 cm³/mol. The molecule has 2 rings (SSSR count). The summed E-state index contributed by atoms with van der Waals surface area (Å²) in [7, 11) is -2.22. The van der Waals surface area contributed by atoms with Crippen LogP contribution in [0.5, 0.6) is 0 Å². The van der Waals surface area contributed by atoms with Crippen LogP contribution in [-0.2, 0) is 26.0 Å². The molecule has 0 aliphatic carbocycles. The minimum atomic E-state index is -3.65. The molecule has 1 amide bonds. The SMILES string of the molecule is COCCN(CC(F)F)C(=O)Cc1ccc(NS(=O)(=O)c2cccs2)cc1. The Morgan fingerprint density at radius 2 is 1.96 bits per heavy atom. The average Bonchev–Trinajstić information content (AvgIpc) is 3.15. The highest BCUT2D eigenvalue weighted by Gasteiger charge is 2.19. The van der Waals surface area contributed by atoms with E-state index in [-0.39, 0.29) is 23.8 Å². The number of benzene rings is 1. The molecular weight excluding hydrogens is 398 g/mol. The second-order valence-electron chi connectivity index (χ2n) is 5.63. The fraction of sp³-hybridized carbons (Fsp3) is 0.353. The maximum atomic E-state index is 12.6. The predicted octanol–water partition coefficient (Wildman–Crippen LogP) is 2.83. The van der Waals surface area contributed by atoms with Gasteiger partial charge in [0.15, 0.2) is 0 Å². The minimum absolute atomic E-state index is 0.0611. The third kappa shape index (κ3) is 6.56. The maximum absolute atomic E-state index is 12.6. The van der Waals surface area contributed by atoms with Crippen molar-refractivity contribution in [1.29, 1.82) is 0 Å². The molecular formula is C17H20F2N2O4S2. The molecule has 27 heavy (non-hydrogen) atoms. The van der Waals surface area contributed by atoms with E-state index in [9.17, 15) is 22.0 Å². The first-order chi connectivity index (χ1) is 12.8. The van der Waals surface area contributed by atoms with E-state index < -0.39 is 28.9 Å². The van der Waals surface area contributed by atoms with Crippen molar-refractivity contribution in [2.75, 3.05) is 31.5 Å². The van der Waals surface area contributed by atoms with Crippen LogP contribution >= 0.6 is 11.3 Å². The molecule has 0 aliphatic rings. The van der Waals surface area contributed by atoms with Gasteiger partial charge in [-0.05, 0) is 29.1 Å². The van der Waals surface area contributed by atoms with Crippen LogP contribution < -0.4 is 4.72 Å². The molecule has 10 heteroatoms. The second-order valence-corrected chi connectivity index (χ2v) is 8.49. The Labute approximate surface area is 160 Å². The molecule has 0 bridgehead atoms. The zero-order valence-electron chi connectivity index (χ0n) is 14.6. The van der Waals surface area contributed by atoms with Crippen molar-refractivity contribution >= 4 is 33.0 Å². The molecule has 1 heterocycles. The van der Waals surface area contributed by atoms with E-state index in [1.807, 2.05) is 0 Å². The van der Waals surface area contributed by atoms with Crippen LogP contribution in [0.1, 0.15) is 5.56 Å². The zero-order valence-corrected chi connectivity index (χ0v) is 16.2. The van der Waals surface area contributed by atoms with Gasteiger partial charge >= 0.3 is 0 Å². The van der Waals surface area contributed by atoms with E-state index in [1.54, 1.807) is 23.6 Å². The lowest BCUT2D eigenvalue weighted by Crippen LogP contribution is -2.38. The van der Waals surface area contributed by atoms with Crippen molar-refractivity contribution < 1.29 is 26.7 Å². The summed E-state index contributed by atoms with van der Waals surface area (Å²) in [6, 6.07) is 9.36. The van der Waals surface area contributed by atoms with Gasteiger partial charge in [0.2, 0.25) is 5.91 Å². The zero-order chi connectivity index (χ0) is 19.9. The van der Waals surface area contributed by atoms with Crippen molar-refractivity contribution in [3.8, 4) is 0 Å². The Morgan fingerprint density at radius 3 is 2.52 bits per heavy atom. The van der Waals surface area contributed by atoms with Crippen LogP contribution in [0.3, 0.4) is 0 Å². The molecule has 1 aromatic heterocycles. The van der Waals surface area contributed by atoms with Crippen molar-refractivity contribution in [3.63, 3.8) is 0 Å². The summed E-state index contributed by atoms with van der Waals surface area (Å²) < 4.78 is 57.1. The maximum Gasteiger partial charge on any atom is 0.271 e. The lowest BCUT2D eigenvalue weighted by atomic mass is 10.1. The fourth-order valence-corrected chi connectivity index (χ4v) is 4.34. The summed E-state index contributed by atoms with van der Waals surface area (Å²) in [6.45, 7) is -0.402. The molecule has 2 aromatic rings. The topological polar surface area (TPSA) is 75.7 Å². The third-order valence-electron chi connectivity index (χ3n) is 3.60. The van der Waals surface area contributed by atoms with Crippen LogP contribution in [-0.4, -0.2) is 52.5 Å². The number of rotatable bonds is 10. The minimum Gasteiger partial charge on any atom is -0.383 e. The number of carbonyl (C=O) groups excluding carboxylic acids is 1. The first kappa shape index (κ1) is 21.3. The Kier molecular flexibility index (Phi) is 7.69. The van der Waals surface area contributed by atoms with Gasteiger partial charge in [-0.15, -0.1) is 11.3 Å². The molecule has 0 saturated heterocycles. The highest BCUT2D eigenvalue weighted by atomic mass is 32.2. The Balaban J connectivity index is 2.00. The first-order valence-corrected chi connectivity index (χ1v) is 10.4. The van der Waals surface area contributed by atoms with Gasteiger partial charge in [-0.3, -0.25) is 9.52 Å². The van der Waals surface area contributed by atoms with Crippen LogP contribution in [0.2, 0.25) is 0 Å². The normalized spacial score (nSPS) is 11.6. The fourth-order valence-electron chi connectivity index (χ4n) is 2.28. The van der Waals surface area contributed by atoms with Crippen molar-refractivity contribution in [3.05, 3.63) is 47.3 Å². The van der Waals surface area contributed by atoms with E-state index >= 15 is 0 Å². The highest BCUT2D eigenvalue weighted by Crippen LogP contribution is 2.20. The highest BCUT2D eigenvalue weighted by molar-refractivity contribution is 7.94. The summed E-state index contributed by atoms with van der Waals surface area (Å²) in [6.07, 6.45) is -2.69. The smallest absolute Gasteiger partial charge is 0.271 e. The number of halogens is 2. The number of thiophene rings is 1. The number of alkyl halides is 2. The monoisotopic (exact) mass is 418 g/mol. The van der Waals surface area contributed by atoms with Gasteiger partial charge < -0.3 is 9.64 Å². The number of carbonyl (C=O) groups is 1. The number of sulfonamides is 1. The van der Waals surface area contributed by atoms with Gasteiger partial charge in [-0.25, -0.2) is 17.2 Å². The summed E-state index contributed by atoms with van der Waals surface area (Å²) in [5.74, 6) is -0.445. The van der Waals surface area contributed by atoms with Crippen molar-refractivity contribution in [1.82, 2.24) is 4.90 Å². The van der Waals surface area contributed by atoms with Gasteiger partial charge in [0.1, 0.15) is 4.21 Å². The molecule has 0 spiro atoms. The van der Waals surface area contributed by atoms with E-state index in [4.69, 9.17) is 4.74 Å². The molecule has 148 valence electrons. The van der Waals surface area contributed by atoms with E-state index in [0.29, 0.717) is 11.3 Å². The van der Waals surface area contributed by atoms with E-state index in [2.05, 4.69) is 4.72 Å². The van der Waals surface area contributed by atoms with Gasteiger partial charge in [0.25, 0.3) is 16.4 Å². The molecule has 0 atom stereocenters. The molecule has 0 aliphatic heterocycles. The number of nitrogens with zero attached hydrogens (tertiary/aromatic N) is 1. The van der Waals surface area contributed by atoms with Crippen molar-refractivity contribution in [2.24, 2.45) is 0 Å². The molecule has 6 nitrogen and oxygen atoms in total. The van der Waals surface area contributed by atoms with Crippen molar-refractivity contribution in [2.45, 2.75) is 17.1 Å². The number of amides is 1. The lowest BCUT2D eigenvalue weighted by molar-refractivity contribution is -0.133. The Morgan fingerprint density at radius 1 is 1.26 bits per heavy atom. The quantitative estimate of drug-likeness (QED) is 0.644. The molecule has 1 N–H and O–H groups in total. The summed E-state index contributed by atoms with van der Waals surface area (Å²) in [5, 5.41) is 1.66. The Bertz CT molecular complexity index is 825. The van der Waals surface area contributed by atoms with Gasteiger partial charge in [0, 0.05) is 19.3 Å². The number of methoxy groups -OCH3 is 1. The molecule has 0 fully saturated rings. The summed E-state index contributed by atoms with van der Waals surface area (Å²) in [4.78, 5) is 13.3. The van der Waals surface area contributed by atoms with E-state index in [0.717, 1.165) is 16.2 Å². The van der Waals surface area contributed by atoms with Gasteiger partial charge in [-0.1, -0.05) is 18.2 Å². The largest absolute Gasteiger partial charge is 0.383 e. The van der Waals surface area contributed by atoms with Gasteiger partial charge in [0.05, 0.1) is 19.6 Å². The van der Waals surface area contributed by atoms with Crippen LogP contribution in [0.4, 0.5) is 14.5 Å². The average molecular weight is 418 g/mol. The number of ether oxygens (including phenoxy) is 1.